The Balaban J connectivity index is 2.31. The number of hydrogen-bond donors (Lipinski definition) is 2. The molecule has 0 amide bonds. The minimum Gasteiger partial charge on any atom is -0.390 e. The van der Waals surface area contributed by atoms with Crippen LogP contribution in [0.2, 0.25) is 5.02 Å². The van der Waals surface area contributed by atoms with Crippen LogP contribution in [0.5, 0.6) is 0 Å². The molecule has 1 atom stereocenters. The molecule has 1 aromatic rings. The van der Waals surface area contributed by atoms with Gasteiger partial charge in [-0.25, -0.2) is 0 Å². The summed E-state index contributed by atoms with van der Waals surface area (Å²) in [5.74, 6) is 0.591. The lowest BCUT2D eigenvalue weighted by Gasteiger charge is -2.13. The number of halogens is 1. The molecular weight excluding hydrogens is 226 g/mol. The van der Waals surface area contributed by atoms with Gasteiger partial charge in [0, 0.05) is 12.7 Å². The first-order valence-electron chi connectivity index (χ1n) is 5.57. The van der Waals surface area contributed by atoms with E-state index in [2.05, 4.69) is 24.3 Å². The van der Waals surface area contributed by atoms with Crippen molar-refractivity contribution >= 4 is 11.6 Å². The van der Waals surface area contributed by atoms with Crippen molar-refractivity contribution in [2.24, 2.45) is 5.92 Å². The van der Waals surface area contributed by atoms with E-state index < -0.39 is 6.10 Å². The number of aromatic nitrogens is 2. The molecule has 0 aromatic carbocycles. The molecule has 5 heteroatoms. The number of aliphatic hydroxyl groups is 1. The zero-order valence-electron chi connectivity index (χ0n) is 10.1. The second kappa shape index (κ2) is 6.23. The number of aryl methyl sites for hydroxylation is 1. The van der Waals surface area contributed by atoms with Crippen molar-refractivity contribution in [3.8, 4) is 0 Å². The van der Waals surface area contributed by atoms with E-state index in [9.17, 15) is 5.11 Å². The Hall–Kier alpha value is -0.580. The van der Waals surface area contributed by atoms with Crippen LogP contribution in [0.4, 0.5) is 0 Å². The third kappa shape index (κ3) is 4.51. The number of nitrogens with zero attached hydrogens (tertiary/aromatic N) is 2. The van der Waals surface area contributed by atoms with E-state index in [0.29, 0.717) is 24.0 Å². The molecule has 92 valence electrons. The van der Waals surface area contributed by atoms with Crippen molar-refractivity contribution in [2.75, 3.05) is 13.1 Å². The standard InChI is InChI=1S/C11H20ClN3O/c1-8(2)4-13-5-10(16)6-15-7-11(12)9(3)14-15/h7-8,10,13,16H,4-6H2,1-3H3. The van der Waals surface area contributed by atoms with Gasteiger partial charge in [0.1, 0.15) is 0 Å². The van der Waals surface area contributed by atoms with Gasteiger partial charge in [-0.15, -0.1) is 0 Å². The van der Waals surface area contributed by atoms with Crippen LogP contribution in [0.25, 0.3) is 0 Å². The van der Waals surface area contributed by atoms with E-state index in [1.165, 1.54) is 0 Å². The maximum absolute atomic E-state index is 9.75. The van der Waals surface area contributed by atoms with E-state index in [1.54, 1.807) is 10.9 Å². The van der Waals surface area contributed by atoms with Gasteiger partial charge in [-0.2, -0.15) is 5.10 Å². The molecule has 0 fully saturated rings. The smallest absolute Gasteiger partial charge is 0.0860 e. The molecule has 0 spiro atoms. The van der Waals surface area contributed by atoms with Crippen LogP contribution in [0, 0.1) is 12.8 Å². The molecule has 0 aliphatic rings. The zero-order chi connectivity index (χ0) is 12.1. The Morgan fingerprint density at radius 3 is 2.69 bits per heavy atom. The molecule has 1 heterocycles. The van der Waals surface area contributed by atoms with E-state index in [4.69, 9.17) is 11.6 Å². The van der Waals surface area contributed by atoms with Crippen molar-refractivity contribution in [2.45, 2.75) is 33.4 Å². The summed E-state index contributed by atoms with van der Waals surface area (Å²) in [6.07, 6.45) is 1.30. The molecular formula is C11H20ClN3O. The normalized spacial score (nSPS) is 13.4. The lowest BCUT2D eigenvalue weighted by molar-refractivity contribution is 0.146. The Labute approximate surface area is 102 Å². The van der Waals surface area contributed by atoms with E-state index in [-0.39, 0.29) is 0 Å². The van der Waals surface area contributed by atoms with Crippen molar-refractivity contribution in [3.63, 3.8) is 0 Å². The molecule has 16 heavy (non-hydrogen) atoms. The Kier molecular flexibility index (Phi) is 5.25. The van der Waals surface area contributed by atoms with E-state index in [1.807, 2.05) is 6.92 Å². The minimum atomic E-state index is -0.436. The Morgan fingerprint density at radius 1 is 1.50 bits per heavy atom. The summed E-state index contributed by atoms with van der Waals surface area (Å²) >= 11 is 5.88. The summed E-state index contributed by atoms with van der Waals surface area (Å²) in [5.41, 5.74) is 0.795. The lowest BCUT2D eigenvalue weighted by atomic mass is 10.2. The summed E-state index contributed by atoms with van der Waals surface area (Å²) in [7, 11) is 0. The molecule has 1 rings (SSSR count). The SMILES string of the molecule is Cc1nn(CC(O)CNCC(C)C)cc1Cl. The largest absolute Gasteiger partial charge is 0.390 e. The van der Waals surface area contributed by atoms with Gasteiger partial charge in [-0.3, -0.25) is 4.68 Å². The molecule has 0 aliphatic carbocycles. The predicted octanol–water partition coefficient (Wildman–Crippen LogP) is 1.45. The predicted molar refractivity (Wildman–Crippen MR) is 65.7 cm³/mol. The zero-order valence-corrected chi connectivity index (χ0v) is 10.8. The van der Waals surface area contributed by atoms with Gasteiger partial charge in [0.2, 0.25) is 0 Å². The number of aliphatic hydroxyl groups excluding tert-OH is 1. The van der Waals surface area contributed by atoms with Crippen LogP contribution in [-0.2, 0) is 6.54 Å². The van der Waals surface area contributed by atoms with Gasteiger partial charge in [0.05, 0.1) is 23.4 Å². The maximum Gasteiger partial charge on any atom is 0.0860 e. The van der Waals surface area contributed by atoms with Crippen LogP contribution in [0.3, 0.4) is 0 Å². The van der Waals surface area contributed by atoms with Crippen LogP contribution in [0.15, 0.2) is 6.20 Å². The Morgan fingerprint density at radius 2 is 2.19 bits per heavy atom. The second-order valence-electron chi connectivity index (χ2n) is 4.49. The van der Waals surface area contributed by atoms with Crippen LogP contribution >= 0.6 is 11.6 Å². The molecule has 0 aliphatic heterocycles. The highest BCUT2D eigenvalue weighted by atomic mass is 35.5. The second-order valence-corrected chi connectivity index (χ2v) is 4.90. The average molecular weight is 246 g/mol. The summed E-state index contributed by atoms with van der Waals surface area (Å²) in [4.78, 5) is 0. The van der Waals surface area contributed by atoms with Crippen LogP contribution in [-0.4, -0.2) is 34.1 Å². The molecule has 1 aromatic heterocycles. The average Bonchev–Trinajstić information content (AvgIpc) is 2.44. The number of nitrogens with one attached hydrogen (secondary N) is 1. The first-order chi connectivity index (χ1) is 7.49. The van der Waals surface area contributed by atoms with Crippen molar-refractivity contribution in [1.82, 2.24) is 15.1 Å². The quantitative estimate of drug-likeness (QED) is 0.798. The van der Waals surface area contributed by atoms with Gasteiger partial charge in [0.25, 0.3) is 0 Å². The summed E-state index contributed by atoms with van der Waals surface area (Å²) in [6.45, 7) is 8.08. The molecule has 0 saturated heterocycles. The Bertz CT molecular complexity index is 306. The van der Waals surface area contributed by atoms with Crippen LogP contribution < -0.4 is 5.32 Å². The first kappa shape index (κ1) is 13.5. The summed E-state index contributed by atoms with van der Waals surface area (Å²) in [5, 5.41) is 17.8. The van der Waals surface area contributed by atoms with Crippen LogP contribution in [0.1, 0.15) is 19.5 Å². The van der Waals surface area contributed by atoms with Gasteiger partial charge in [-0.1, -0.05) is 25.4 Å². The highest BCUT2D eigenvalue weighted by Crippen LogP contribution is 2.12. The third-order valence-electron chi connectivity index (χ3n) is 2.22. The molecule has 1 unspecified atom stereocenters. The van der Waals surface area contributed by atoms with Gasteiger partial charge in [-0.05, 0) is 19.4 Å². The molecule has 2 N–H and O–H groups in total. The van der Waals surface area contributed by atoms with E-state index >= 15 is 0 Å². The molecule has 4 nitrogen and oxygen atoms in total. The van der Waals surface area contributed by atoms with Gasteiger partial charge < -0.3 is 10.4 Å². The third-order valence-corrected chi connectivity index (χ3v) is 2.59. The fraction of sp³-hybridized carbons (Fsp3) is 0.727. The number of hydrogen-bond acceptors (Lipinski definition) is 3. The molecule has 0 saturated carbocycles. The van der Waals surface area contributed by atoms with Crippen molar-refractivity contribution < 1.29 is 5.11 Å². The maximum atomic E-state index is 9.75. The lowest BCUT2D eigenvalue weighted by Crippen LogP contribution is -2.32. The summed E-state index contributed by atoms with van der Waals surface area (Å²) < 4.78 is 1.68. The van der Waals surface area contributed by atoms with Crippen molar-refractivity contribution in [1.29, 1.82) is 0 Å². The van der Waals surface area contributed by atoms with Gasteiger partial charge in [0.15, 0.2) is 0 Å². The first-order valence-corrected chi connectivity index (χ1v) is 5.95. The van der Waals surface area contributed by atoms with E-state index in [0.717, 1.165) is 12.2 Å². The number of rotatable bonds is 6. The topological polar surface area (TPSA) is 50.1 Å². The highest BCUT2D eigenvalue weighted by Gasteiger charge is 2.08. The molecule has 0 radical (unpaired) electrons. The summed E-state index contributed by atoms with van der Waals surface area (Å²) in [6, 6.07) is 0. The minimum absolute atomic E-state index is 0.436. The van der Waals surface area contributed by atoms with Gasteiger partial charge >= 0.3 is 0 Å². The fourth-order valence-corrected chi connectivity index (χ4v) is 1.56. The highest BCUT2D eigenvalue weighted by molar-refractivity contribution is 6.31. The van der Waals surface area contributed by atoms with Crippen molar-refractivity contribution in [3.05, 3.63) is 16.9 Å². The molecule has 0 bridgehead atoms. The monoisotopic (exact) mass is 245 g/mol. The fourth-order valence-electron chi connectivity index (χ4n) is 1.41.